The number of benzene rings is 2. The van der Waals surface area contributed by atoms with Crippen LogP contribution in [0.4, 0.5) is 17.1 Å². The van der Waals surface area contributed by atoms with Crippen LogP contribution in [0.3, 0.4) is 0 Å². The number of carbonyl (C=O) groups excluding carboxylic acids is 1. The van der Waals surface area contributed by atoms with Crippen LogP contribution < -0.4 is 24.8 Å². The molecule has 1 aromatic heterocycles. The van der Waals surface area contributed by atoms with Gasteiger partial charge in [-0.15, -0.1) is 0 Å². The number of methoxy groups -OCH3 is 3. The Morgan fingerprint density at radius 3 is 2.31 bits per heavy atom. The molecule has 0 aliphatic carbocycles. The molecule has 0 aliphatic rings. The highest BCUT2D eigenvalue weighted by molar-refractivity contribution is 6.03. The largest absolute Gasteiger partial charge is 0.497 e. The number of nitrogens with one attached hydrogen (secondary N) is 2. The van der Waals surface area contributed by atoms with E-state index in [-0.39, 0.29) is 5.91 Å². The Morgan fingerprint density at radius 1 is 0.862 bits per heavy atom. The van der Waals surface area contributed by atoms with Crippen molar-refractivity contribution in [2.75, 3.05) is 32.0 Å². The summed E-state index contributed by atoms with van der Waals surface area (Å²) < 4.78 is 15.9. The summed E-state index contributed by atoms with van der Waals surface area (Å²) >= 11 is 0. The lowest BCUT2D eigenvalue weighted by Gasteiger charge is -2.13. The molecule has 0 bridgehead atoms. The molecular formula is C22H23N3O4. The van der Waals surface area contributed by atoms with Gasteiger partial charge in [-0.2, -0.15) is 0 Å². The van der Waals surface area contributed by atoms with E-state index >= 15 is 0 Å². The second-order valence-corrected chi connectivity index (χ2v) is 6.28. The molecule has 0 atom stereocenters. The summed E-state index contributed by atoms with van der Waals surface area (Å²) in [5.41, 5.74) is 3.39. The van der Waals surface area contributed by atoms with Crippen LogP contribution in [-0.2, 0) is 0 Å². The van der Waals surface area contributed by atoms with Crippen molar-refractivity contribution in [3.05, 3.63) is 66.0 Å². The summed E-state index contributed by atoms with van der Waals surface area (Å²) in [4.78, 5) is 16.8. The smallest absolute Gasteiger partial charge is 0.274 e. The zero-order valence-corrected chi connectivity index (χ0v) is 16.8. The van der Waals surface area contributed by atoms with Gasteiger partial charge in [0.1, 0.15) is 22.9 Å². The molecule has 1 amide bonds. The average Bonchev–Trinajstić information content (AvgIpc) is 2.74. The fraction of sp³-hybridized carbons (Fsp3) is 0.182. The SMILES string of the molecule is COc1ccc(Nc2ccc(C(=O)Nc3cc(C)ccc3OC)nc2)c(OC)c1. The molecule has 1 heterocycles. The summed E-state index contributed by atoms with van der Waals surface area (Å²) in [6.07, 6.45) is 1.59. The van der Waals surface area contributed by atoms with Gasteiger partial charge in [0, 0.05) is 6.07 Å². The molecule has 2 aromatic carbocycles. The first kappa shape index (κ1) is 20.0. The van der Waals surface area contributed by atoms with Crippen molar-refractivity contribution in [1.82, 2.24) is 4.98 Å². The quantitative estimate of drug-likeness (QED) is 0.619. The molecule has 0 aliphatic heterocycles. The monoisotopic (exact) mass is 393 g/mol. The maximum Gasteiger partial charge on any atom is 0.274 e. The maximum atomic E-state index is 12.6. The molecule has 0 unspecified atom stereocenters. The van der Waals surface area contributed by atoms with Gasteiger partial charge in [-0.05, 0) is 48.9 Å². The van der Waals surface area contributed by atoms with E-state index in [1.807, 2.05) is 37.3 Å². The number of amides is 1. The number of aromatic nitrogens is 1. The summed E-state index contributed by atoms with van der Waals surface area (Å²) in [5, 5.41) is 6.06. The van der Waals surface area contributed by atoms with Crippen LogP contribution in [0.25, 0.3) is 0 Å². The Labute approximate surface area is 169 Å². The molecule has 7 nitrogen and oxygen atoms in total. The Bertz CT molecular complexity index is 1000. The Kier molecular flexibility index (Phi) is 6.19. The summed E-state index contributed by atoms with van der Waals surface area (Å²) in [5.74, 6) is 1.61. The van der Waals surface area contributed by atoms with Gasteiger partial charge in [-0.3, -0.25) is 4.79 Å². The molecule has 0 spiro atoms. The number of hydrogen-bond acceptors (Lipinski definition) is 6. The first-order valence-corrected chi connectivity index (χ1v) is 8.95. The molecule has 150 valence electrons. The number of anilines is 3. The lowest BCUT2D eigenvalue weighted by molar-refractivity contribution is 0.102. The molecule has 0 fully saturated rings. The van der Waals surface area contributed by atoms with Crippen LogP contribution in [0.2, 0.25) is 0 Å². The van der Waals surface area contributed by atoms with E-state index in [4.69, 9.17) is 14.2 Å². The number of rotatable bonds is 7. The van der Waals surface area contributed by atoms with E-state index in [1.54, 1.807) is 45.7 Å². The average molecular weight is 393 g/mol. The van der Waals surface area contributed by atoms with Crippen molar-refractivity contribution in [1.29, 1.82) is 0 Å². The van der Waals surface area contributed by atoms with Gasteiger partial charge in [-0.1, -0.05) is 6.07 Å². The second kappa shape index (κ2) is 8.97. The lowest BCUT2D eigenvalue weighted by Crippen LogP contribution is -2.14. The van der Waals surface area contributed by atoms with Crippen molar-refractivity contribution < 1.29 is 19.0 Å². The topological polar surface area (TPSA) is 81.7 Å². The number of carbonyl (C=O) groups is 1. The van der Waals surface area contributed by atoms with E-state index in [9.17, 15) is 4.79 Å². The molecule has 0 radical (unpaired) electrons. The second-order valence-electron chi connectivity index (χ2n) is 6.28. The van der Waals surface area contributed by atoms with E-state index < -0.39 is 0 Å². The van der Waals surface area contributed by atoms with Crippen molar-refractivity contribution in [2.24, 2.45) is 0 Å². The van der Waals surface area contributed by atoms with E-state index in [0.717, 1.165) is 16.9 Å². The van der Waals surface area contributed by atoms with Gasteiger partial charge < -0.3 is 24.8 Å². The number of nitrogens with zero attached hydrogens (tertiary/aromatic N) is 1. The summed E-state index contributed by atoms with van der Waals surface area (Å²) in [7, 11) is 4.75. The van der Waals surface area contributed by atoms with Crippen molar-refractivity contribution in [2.45, 2.75) is 6.92 Å². The fourth-order valence-corrected chi connectivity index (χ4v) is 2.77. The third kappa shape index (κ3) is 4.76. The minimum absolute atomic E-state index is 0.292. The first-order valence-electron chi connectivity index (χ1n) is 8.95. The third-order valence-corrected chi connectivity index (χ3v) is 4.29. The molecule has 29 heavy (non-hydrogen) atoms. The molecule has 0 saturated carbocycles. The van der Waals surface area contributed by atoms with Gasteiger partial charge in [-0.25, -0.2) is 4.98 Å². The highest BCUT2D eigenvalue weighted by Gasteiger charge is 2.12. The number of aryl methyl sites for hydroxylation is 1. The first-order chi connectivity index (χ1) is 14.0. The van der Waals surface area contributed by atoms with Gasteiger partial charge in [0.2, 0.25) is 0 Å². The standard InChI is InChI=1S/C22H23N3O4/c1-14-5-10-20(28-3)19(11-14)25-22(26)18-8-6-15(13-23-18)24-17-9-7-16(27-2)12-21(17)29-4/h5-13,24H,1-4H3,(H,25,26). The predicted octanol–water partition coefficient (Wildman–Crippen LogP) is 4.41. The zero-order valence-electron chi connectivity index (χ0n) is 16.8. The summed E-state index contributed by atoms with van der Waals surface area (Å²) in [6, 6.07) is 14.5. The molecule has 3 rings (SSSR count). The van der Waals surface area contributed by atoms with E-state index in [2.05, 4.69) is 15.6 Å². The van der Waals surface area contributed by atoms with Crippen molar-refractivity contribution in [3.8, 4) is 17.2 Å². The van der Waals surface area contributed by atoms with Gasteiger partial charge in [0.25, 0.3) is 5.91 Å². The van der Waals surface area contributed by atoms with Crippen LogP contribution in [0.5, 0.6) is 17.2 Å². The van der Waals surface area contributed by atoms with Gasteiger partial charge in [0.15, 0.2) is 0 Å². The van der Waals surface area contributed by atoms with Gasteiger partial charge in [0.05, 0.1) is 44.6 Å². The van der Waals surface area contributed by atoms with E-state index in [0.29, 0.717) is 28.6 Å². The van der Waals surface area contributed by atoms with E-state index in [1.165, 1.54) is 0 Å². The number of ether oxygens (including phenoxy) is 3. The highest BCUT2D eigenvalue weighted by Crippen LogP contribution is 2.31. The Balaban J connectivity index is 1.73. The van der Waals surface area contributed by atoms with Crippen LogP contribution >= 0.6 is 0 Å². The van der Waals surface area contributed by atoms with Gasteiger partial charge >= 0.3 is 0 Å². The maximum absolute atomic E-state index is 12.6. The fourth-order valence-electron chi connectivity index (χ4n) is 2.77. The summed E-state index contributed by atoms with van der Waals surface area (Å²) in [6.45, 7) is 1.95. The minimum atomic E-state index is -0.317. The Hall–Kier alpha value is -3.74. The highest BCUT2D eigenvalue weighted by atomic mass is 16.5. The lowest BCUT2D eigenvalue weighted by atomic mass is 10.2. The molecule has 2 N–H and O–H groups in total. The molecule has 0 saturated heterocycles. The third-order valence-electron chi connectivity index (χ3n) is 4.29. The molecular weight excluding hydrogens is 370 g/mol. The van der Waals surface area contributed by atoms with Crippen molar-refractivity contribution >= 4 is 23.0 Å². The van der Waals surface area contributed by atoms with Crippen LogP contribution in [0.1, 0.15) is 16.1 Å². The molecule has 3 aromatic rings. The minimum Gasteiger partial charge on any atom is -0.497 e. The van der Waals surface area contributed by atoms with Crippen LogP contribution in [0, 0.1) is 6.92 Å². The van der Waals surface area contributed by atoms with Crippen LogP contribution in [-0.4, -0.2) is 32.2 Å². The predicted molar refractivity (Wildman–Crippen MR) is 113 cm³/mol. The number of hydrogen-bond donors (Lipinski definition) is 2. The Morgan fingerprint density at radius 2 is 1.66 bits per heavy atom. The zero-order chi connectivity index (χ0) is 20.8. The normalized spacial score (nSPS) is 10.2. The van der Waals surface area contributed by atoms with Crippen LogP contribution in [0.15, 0.2) is 54.7 Å². The molecule has 7 heteroatoms. The van der Waals surface area contributed by atoms with Crippen molar-refractivity contribution in [3.63, 3.8) is 0 Å². The number of pyridine rings is 1.